The second kappa shape index (κ2) is 7.45. The average molecular weight is 333 g/mol. The molecule has 0 N–H and O–H groups in total. The molecule has 0 radical (unpaired) electrons. The molecule has 0 bridgehead atoms. The highest BCUT2D eigenvalue weighted by Crippen LogP contribution is 2.36. The summed E-state index contributed by atoms with van der Waals surface area (Å²) < 4.78 is 6.66. The van der Waals surface area contributed by atoms with Gasteiger partial charge in [-0.1, -0.05) is 81.4 Å². The largest absolute Gasteiger partial charge is 0.407 e. The van der Waals surface area contributed by atoms with E-state index >= 15 is 0 Å². The Morgan fingerprint density at radius 3 is 1.68 bits per heavy atom. The SMILES string of the molecule is CC(C)(C)[Si](OCCCCl)(c1ccccc1)c1ccccc1. The minimum absolute atomic E-state index is 0.0437. The zero-order valence-corrected chi connectivity index (χ0v) is 15.4. The van der Waals surface area contributed by atoms with Gasteiger partial charge in [0.05, 0.1) is 0 Å². The Morgan fingerprint density at radius 2 is 1.32 bits per heavy atom. The molecule has 0 aliphatic heterocycles. The highest BCUT2D eigenvalue weighted by molar-refractivity contribution is 6.99. The third-order valence-corrected chi connectivity index (χ3v) is 9.32. The second-order valence-corrected chi connectivity index (χ2v) is 11.2. The number of hydrogen-bond donors (Lipinski definition) is 0. The zero-order chi connectivity index (χ0) is 16.1. The van der Waals surface area contributed by atoms with Crippen LogP contribution in [0.5, 0.6) is 0 Å². The molecule has 0 amide bonds. The first-order chi connectivity index (χ1) is 10.5. The van der Waals surface area contributed by atoms with E-state index in [-0.39, 0.29) is 5.04 Å². The van der Waals surface area contributed by atoms with Crippen LogP contribution >= 0.6 is 11.6 Å². The van der Waals surface area contributed by atoms with Crippen LogP contribution in [-0.4, -0.2) is 20.8 Å². The minimum Gasteiger partial charge on any atom is -0.407 e. The lowest BCUT2D eigenvalue weighted by Crippen LogP contribution is -2.66. The topological polar surface area (TPSA) is 9.23 Å². The molecule has 2 aromatic carbocycles. The lowest BCUT2D eigenvalue weighted by molar-refractivity contribution is 0.298. The third kappa shape index (κ3) is 3.45. The first-order valence-corrected chi connectivity index (χ1v) is 10.3. The van der Waals surface area contributed by atoms with E-state index in [1.54, 1.807) is 0 Å². The molecular weight excluding hydrogens is 308 g/mol. The van der Waals surface area contributed by atoms with Crippen molar-refractivity contribution in [2.45, 2.75) is 32.2 Å². The van der Waals surface area contributed by atoms with Gasteiger partial charge in [-0.2, -0.15) is 0 Å². The van der Waals surface area contributed by atoms with Crippen molar-refractivity contribution < 1.29 is 4.43 Å². The molecule has 0 aliphatic carbocycles. The summed E-state index contributed by atoms with van der Waals surface area (Å²) >= 11 is 5.87. The van der Waals surface area contributed by atoms with Gasteiger partial charge in [-0.3, -0.25) is 0 Å². The molecular formula is C19H25ClOSi. The van der Waals surface area contributed by atoms with Crippen molar-refractivity contribution in [1.29, 1.82) is 0 Å². The van der Waals surface area contributed by atoms with Crippen molar-refractivity contribution in [2.24, 2.45) is 0 Å². The summed E-state index contributed by atoms with van der Waals surface area (Å²) in [4.78, 5) is 0. The Hall–Kier alpha value is -1.09. The fraction of sp³-hybridized carbons (Fsp3) is 0.368. The fourth-order valence-corrected chi connectivity index (χ4v) is 7.76. The van der Waals surface area contributed by atoms with E-state index in [0.29, 0.717) is 12.5 Å². The summed E-state index contributed by atoms with van der Waals surface area (Å²) in [5, 5.41) is 2.69. The molecule has 0 heterocycles. The standard InChI is InChI=1S/C19H25ClOSi/c1-19(2,3)22(21-16-10-15-20,17-11-6-4-7-12-17)18-13-8-5-9-14-18/h4-9,11-14H,10,15-16H2,1-3H3. The summed E-state index contributed by atoms with van der Waals surface area (Å²) in [5.74, 6) is 0.637. The lowest BCUT2D eigenvalue weighted by Gasteiger charge is -2.43. The zero-order valence-electron chi connectivity index (χ0n) is 13.7. The normalized spacial score (nSPS) is 12.4. The van der Waals surface area contributed by atoms with E-state index in [1.807, 2.05) is 0 Å². The molecule has 118 valence electrons. The molecule has 0 aliphatic rings. The maximum atomic E-state index is 6.66. The fourth-order valence-electron chi connectivity index (χ4n) is 3.04. The molecule has 0 atom stereocenters. The Kier molecular flexibility index (Phi) is 5.85. The molecule has 0 saturated carbocycles. The third-order valence-electron chi connectivity index (χ3n) is 4.01. The number of benzene rings is 2. The van der Waals surface area contributed by atoms with Gasteiger partial charge in [0.25, 0.3) is 8.32 Å². The molecule has 1 nitrogen and oxygen atoms in total. The van der Waals surface area contributed by atoms with Gasteiger partial charge in [-0.15, -0.1) is 11.6 Å². The van der Waals surface area contributed by atoms with Gasteiger partial charge in [0, 0.05) is 12.5 Å². The highest BCUT2D eigenvalue weighted by atomic mass is 35.5. The van der Waals surface area contributed by atoms with Crippen LogP contribution in [0, 0.1) is 0 Å². The molecule has 2 rings (SSSR count). The summed E-state index contributed by atoms with van der Waals surface area (Å²) in [5.41, 5.74) is 0. The van der Waals surface area contributed by atoms with Crippen LogP contribution in [-0.2, 0) is 4.43 Å². The Morgan fingerprint density at radius 1 is 0.864 bits per heavy atom. The van der Waals surface area contributed by atoms with Crippen molar-refractivity contribution in [2.75, 3.05) is 12.5 Å². The molecule has 0 saturated heterocycles. The van der Waals surface area contributed by atoms with E-state index in [1.165, 1.54) is 10.4 Å². The monoisotopic (exact) mass is 332 g/mol. The Labute approximate surface area is 140 Å². The number of rotatable bonds is 6. The Bertz CT molecular complexity index is 523. The summed E-state index contributed by atoms with van der Waals surface area (Å²) in [7, 11) is -2.35. The first kappa shape index (κ1) is 17.3. The maximum absolute atomic E-state index is 6.66. The predicted molar refractivity (Wildman–Crippen MR) is 98.9 cm³/mol. The summed E-state index contributed by atoms with van der Waals surface area (Å²) in [6.07, 6.45) is 0.881. The maximum Gasteiger partial charge on any atom is 0.261 e. The van der Waals surface area contributed by atoms with E-state index in [9.17, 15) is 0 Å². The van der Waals surface area contributed by atoms with Gasteiger partial charge in [0.1, 0.15) is 0 Å². The minimum atomic E-state index is -2.35. The smallest absolute Gasteiger partial charge is 0.261 e. The molecule has 22 heavy (non-hydrogen) atoms. The van der Waals surface area contributed by atoms with Crippen LogP contribution in [0.3, 0.4) is 0 Å². The first-order valence-electron chi connectivity index (χ1n) is 7.83. The molecule has 0 unspecified atom stereocenters. The average Bonchev–Trinajstić information content (AvgIpc) is 2.52. The lowest BCUT2D eigenvalue weighted by atomic mass is 10.2. The quantitative estimate of drug-likeness (QED) is 0.438. The van der Waals surface area contributed by atoms with Crippen molar-refractivity contribution in [1.82, 2.24) is 0 Å². The van der Waals surface area contributed by atoms with Gasteiger partial charge < -0.3 is 4.43 Å². The molecule has 0 spiro atoms. The van der Waals surface area contributed by atoms with Gasteiger partial charge in [0.15, 0.2) is 0 Å². The summed E-state index contributed by atoms with van der Waals surface area (Å²) in [6.45, 7) is 7.58. The second-order valence-electron chi connectivity index (χ2n) is 6.55. The summed E-state index contributed by atoms with van der Waals surface area (Å²) in [6, 6.07) is 21.4. The van der Waals surface area contributed by atoms with Crippen molar-refractivity contribution in [3.63, 3.8) is 0 Å². The van der Waals surface area contributed by atoms with Gasteiger partial charge >= 0.3 is 0 Å². The van der Waals surface area contributed by atoms with Crippen LogP contribution in [0.15, 0.2) is 60.7 Å². The molecule has 3 heteroatoms. The number of halogens is 1. The molecule has 0 fully saturated rings. The van der Waals surface area contributed by atoms with E-state index in [0.717, 1.165) is 6.42 Å². The Balaban J connectivity index is 2.59. The molecule has 2 aromatic rings. The van der Waals surface area contributed by atoms with E-state index in [2.05, 4.69) is 81.4 Å². The van der Waals surface area contributed by atoms with Crippen LogP contribution < -0.4 is 10.4 Å². The van der Waals surface area contributed by atoms with Gasteiger partial charge in [0.2, 0.25) is 0 Å². The van der Waals surface area contributed by atoms with Crippen molar-refractivity contribution in [3.05, 3.63) is 60.7 Å². The molecule has 0 aromatic heterocycles. The van der Waals surface area contributed by atoms with E-state index < -0.39 is 8.32 Å². The highest BCUT2D eigenvalue weighted by Gasteiger charge is 2.49. The number of alkyl halides is 1. The van der Waals surface area contributed by atoms with E-state index in [4.69, 9.17) is 16.0 Å². The van der Waals surface area contributed by atoms with Crippen molar-refractivity contribution in [3.8, 4) is 0 Å². The van der Waals surface area contributed by atoms with Crippen molar-refractivity contribution >= 4 is 30.3 Å². The predicted octanol–water partition coefficient (Wildman–Crippen LogP) is 4.19. The van der Waals surface area contributed by atoms with Crippen LogP contribution in [0.25, 0.3) is 0 Å². The van der Waals surface area contributed by atoms with Gasteiger partial charge in [-0.25, -0.2) is 0 Å². The van der Waals surface area contributed by atoms with Crippen LogP contribution in [0.4, 0.5) is 0 Å². The number of hydrogen-bond acceptors (Lipinski definition) is 1. The van der Waals surface area contributed by atoms with Crippen LogP contribution in [0.2, 0.25) is 5.04 Å². The van der Waals surface area contributed by atoms with Gasteiger partial charge in [-0.05, 0) is 21.8 Å². The van der Waals surface area contributed by atoms with Crippen LogP contribution in [0.1, 0.15) is 27.2 Å².